The molecule has 1 saturated carbocycles. The topological polar surface area (TPSA) is 70.2 Å². The maximum atomic E-state index is 12.3. The summed E-state index contributed by atoms with van der Waals surface area (Å²) >= 11 is 0. The van der Waals surface area contributed by atoms with Crippen molar-refractivity contribution >= 4 is 17.6 Å². The molecule has 0 heterocycles. The highest BCUT2D eigenvalue weighted by molar-refractivity contribution is 5.92. The van der Waals surface area contributed by atoms with E-state index >= 15 is 0 Å². The van der Waals surface area contributed by atoms with Crippen molar-refractivity contribution in [2.24, 2.45) is 0 Å². The smallest absolute Gasteiger partial charge is 0.315 e. The van der Waals surface area contributed by atoms with Gasteiger partial charge in [-0.2, -0.15) is 0 Å². The molecular formula is C23H29N3O2. The van der Waals surface area contributed by atoms with Gasteiger partial charge >= 0.3 is 6.03 Å². The number of amides is 3. The van der Waals surface area contributed by atoms with E-state index in [0.29, 0.717) is 6.54 Å². The molecule has 28 heavy (non-hydrogen) atoms. The summed E-state index contributed by atoms with van der Waals surface area (Å²) in [5.41, 5.74) is 3.10. The average Bonchev–Trinajstić information content (AvgIpc) is 2.71. The molecule has 0 aliphatic heterocycles. The number of anilines is 1. The van der Waals surface area contributed by atoms with E-state index < -0.39 is 0 Å². The zero-order valence-corrected chi connectivity index (χ0v) is 16.2. The van der Waals surface area contributed by atoms with Gasteiger partial charge in [0, 0.05) is 24.7 Å². The predicted molar refractivity (Wildman–Crippen MR) is 112 cm³/mol. The van der Waals surface area contributed by atoms with Gasteiger partial charge in [-0.3, -0.25) is 4.79 Å². The van der Waals surface area contributed by atoms with Gasteiger partial charge in [-0.05, 0) is 36.5 Å². The quantitative estimate of drug-likeness (QED) is 0.673. The molecule has 148 valence electrons. The molecule has 0 atom stereocenters. The van der Waals surface area contributed by atoms with E-state index in [0.717, 1.165) is 30.5 Å². The Morgan fingerprint density at radius 3 is 2.39 bits per heavy atom. The third-order valence-corrected chi connectivity index (χ3v) is 5.11. The van der Waals surface area contributed by atoms with Crippen molar-refractivity contribution in [2.45, 2.75) is 51.0 Å². The standard InChI is InChI=1S/C23H29N3O2/c27-22(15-16-24-23(28)25-20-12-5-2-6-13-20)26-21-14-8-7-11-19(21)17-18-9-3-1-4-10-18/h1,3-4,7-11,14,20H,2,5-6,12-13,15-17H2,(H,26,27)(H2,24,25,28). The Morgan fingerprint density at radius 2 is 1.61 bits per heavy atom. The normalized spacial score (nSPS) is 14.3. The van der Waals surface area contributed by atoms with Gasteiger partial charge in [-0.15, -0.1) is 0 Å². The van der Waals surface area contributed by atoms with E-state index in [2.05, 4.69) is 28.1 Å². The van der Waals surface area contributed by atoms with E-state index in [-0.39, 0.29) is 24.4 Å². The van der Waals surface area contributed by atoms with Gasteiger partial charge < -0.3 is 16.0 Å². The van der Waals surface area contributed by atoms with Crippen molar-refractivity contribution in [1.29, 1.82) is 0 Å². The molecular weight excluding hydrogens is 350 g/mol. The molecule has 5 heteroatoms. The van der Waals surface area contributed by atoms with Crippen LogP contribution in [0.2, 0.25) is 0 Å². The summed E-state index contributed by atoms with van der Waals surface area (Å²) in [5, 5.41) is 8.76. The third-order valence-electron chi connectivity index (χ3n) is 5.11. The van der Waals surface area contributed by atoms with Crippen molar-refractivity contribution in [3.8, 4) is 0 Å². The minimum Gasteiger partial charge on any atom is -0.338 e. The Balaban J connectivity index is 1.44. The number of benzene rings is 2. The van der Waals surface area contributed by atoms with Gasteiger partial charge in [0.1, 0.15) is 0 Å². The maximum absolute atomic E-state index is 12.3. The summed E-state index contributed by atoms with van der Waals surface area (Å²) in [6, 6.07) is 18.1. The molecule has 2 aromatic rings. The van der Waals surface area contributed by atoms with Crippen LogP contribution >= 0.6 is 0 Å². The van der Waals surface area contributed by atoms with Crippen LogP contribution in [-0.4, -0.2) is 24.5 Å². The van der Waals surface area contributed by atoms with Crippen LogP contribution in [0.25, 0.3) is 0 Å². The van der Waals surface area contributed by atoms with Crippen LogP contribution in [0, 0.1) is 0 Å². The first-order valence-corrected chi connectivity index (χ1v) is 10.2. The lowest BCUT2D eigenvalue weighted by molar-refractivity contribution is -0.116. The number of para-hydroxylation sites is 1. The Hall–Kier alpha value is -2.82. The molecule has 1 aliphatic carbocycles. The van der Waals surface area contributed by atoms with Gasteiger partial charge in [-0.1, -0.05) is 67.8 Å². The zero-order chi connectivity index (χ0) is 19.6. The Labute approximate surface area is 166 Å². The summed E-state index contributed by atoms with van der Waals surface area (Å²) in [6.07, 6.45) is 6.71. The van der Waals surface area contributed by atoms with Gasteiger partial charge in [0.25, 0.3) is 0 Å². The van der Waals surface area contributed by atoms with Crippen LogP contribution in [0.1, 0.15) is 49.7 Å². The van der Waals surface area contributed by atoms with Crippen LogP contribution in [0.15, 0.2) is 54.6 Å². The van der Waals surface area contributed by atoms with E-state index in [9.17, 15) is 9.59 Å². The predicted octanol–water partition coefficient (Wildman–Crippen LogP) is 4.24. The fourth-order valence-electron chi connectivity index (χ4n) is 3.60. The van der Waals surface area contributed by atoms with E-state index in [1.165, 1.54) is 24.8 Å². The third kappa shape index (κ3) is 6.41. The minimum absolute atomic E-state index is 0.0986. The molecule has 3 amide bonds. The number of hydrogen-bond acceptors (Lipinski definition) is 2. The number of carbonyl (C=O) groups excluding carboxylic acids is 2. The molecule has 1 fully saturated rings. The molecule has 3 rings (SSSR count). The van der Waals surface area contributed by atoms with E-state index in [1.54, 1.807) is 0 Å². The molecule has 0 aromatic heterocycles. The lowest BCUT2D eigenvalue weighted by Gasteiger charge is -2.22. The number of hydrogen-bond donors (Lipinski definition) is 3. The molecule has 2 aromatic carbocycles. The second-order valence-corrected chi connectivity index (χ2v) is 7.35. The highest BCUT2D eigenvalue weighted by atomic mass is 16.2. The Bertz CT molecular complexity index is 770. The Morgan fingerprint density at radius 1 is 0.893 bits per heavy atom. The van der Waals surface area contributed by atoms with Gasteiger partial charge in [0.05, 0.1) is 0 Å². The average molecular weight is 380 g/mol. The van der Waals surface area contributed by atoms with Crippen molar-refractivity contribution in [3.05, 3.63) is 65.7 Å². The summed E-state index contributed by atoms with van der Waals surface area (Å²) in [7, 11) is 0. The molecule has 1 aliphatic rings. The summed E-state index contributed by atoms with van der Waals surface area (Å²) in [5.74, 6) is -0.0986. The van der Waals surface area contributed by atoms with Crippen LogP contribution in [0.4, 0.5) is 10.5 Å². The molecule has 0 saturated heterocycles. The van der Waals surface area contributed by atoms with Crippen molar-refractivity contribution in [1.82, 2.24) is 10.6 Å². The first-order valence-electron chi connectivity index (χ1n) is 10.2. The largest absolute Gasteiger partial charge is 0.338 e. The van der Waals surface area contributed by atoms with Crippen LogP contribution in [-0.2, 0) is 11.2 Å². The van der Waals surface area contributed by atoms with Gasteiger partial charge in [0.2, 0.25) is 5.91 Å². The minimum atomic E-state index is -0.177. The van der Waals surface area contributed by atoms with Gasteiger partial charge in [-0.25, -0.2) is 4.79 Å². The van der Waals surface area contributed by atoms with E-state index in [4.69, 9.17) is 0 Å². The zero-order valence-electron chi connectivity index (χ0n) is 16.2. The van der Waals surface area contributed by atoms with Crippen molar-refractivity contribution in [3.63, 3.8) is 0 Å². The van der Waals surface area contributed by atoms with Crippen molar-refractivity contribution < 1.29 is 9.59 Å². The SMILES string of the molecule is O=C(CCNC(=O)NC1CCCCC1)Nc1ccccc1Cc1ccccc1. The first-order chi connectivity index (χ1) is 13.7. The number of urea groups is 1. The Kier molecular flexibility index (Phi) is 7.47. The fraction of sp³-hybridized carbons (Fsp3) is 0.391. The lowest BCUT2D eigenvalue weighted by atomic mass is 9.96. The summed E-state index contributed by atoms with van der Waals surface area (Å²) < 4.78 is 0. The molecule has 0 radical (unpaired) electrons. The van der Waals surface area contributed by atoms with Crippen LogP contribution in [0.5, 0.6) is 0 Å². The number of rotatable bonds is 7. The molecule has 0 bridgehead atoms. The van der Waals surface area contributed by atoms with Crippen LogP contribution in [0.3, 0.4) is 0 Å². The van der Waals surface area contributed by atoms with Crippen molar-refractivity contribution in [2.75, 3.05) is 11.9 Å². The maximum Gasteiger partial charge on any atom is 0.315 e. The second kappa shape index (κ2) is 10.5. The monoisotopic (exact) mass is 379 g/mol. The summed E-state index contributed by atoms with van der Waals surface area (Å²) in [6.45, 7) is 0.325. The molecule has 0 unspecified atom stereocenters. The lowest BCUT2D eigenvalue weighted by Crippen LogP contribution is -2.43. The van der Waals surface area contributed by atoms with E-state index in [1.807, 2.05) is 42.5 Å². The molecule has 0 spiro atoms. The summed E-state index contributed by atoms with van der Waals surface area (Å²) in [4.78, 5) is 24.3. The number of nitrogens with one attached hydrogen (secondary N) is 3. The highest BCUT2D eigenvalue weighted by Crippen LogP contribution is 2.19. The van der Waals surface area contributed by atoms with Crippen LogP contribution < -0.4 is 16.0 Å². The van der Waals surface area contributed by atoms with Gasteiger partial charge in [0.15, 0.2) is 0 Å². The second-order valence-electron chi connectivity index (χ2n) is 7.35. The first kappa shape index (κ1) is 19.9. The number of carbonyl (C=O) groups is 2. The fourth-order valence-corrected chi connectivity index (χ4v) is 3.60. The molecule has 3 N–H and O–H groups in total. The highest BCUT2D eigenvalue weighted by Gasteiger charge is 2.15. The molecule has 5 nitrogen and oxygen atoms in total.